The van der Waals surface area contributed by atoms with E-state index in [0.717, 1.165) is 11.4 Å². The molecule has 0 bridgehead atoms. The summed E-state index contributed by atoms with van der Waals surface area (Å²) in [6.07, 6.45) is 6.48. The highest BCUT2D eigenvalue weighted by molar-refractivity contribution is 5.92. The Morgan fingerprint density at radius 3 is 2.66 bits per heavy atom. The van der Waals surface area contributed by atoms with Gasteiger partial charge in [0.25, 0.3) is 5.91 Å². The van der Waals surface area contributed by atoms with E-state index in [1.807, 2.05) is 24.3 Å². The lowest BCUT2D eigenvalue weighted by molar-refractivity contribution is 0.0945. The van der Waals surface area contributed by atoms with E-state index in [0.29, 0.717) is 11.3 Å². The maximum absolute atomic E-state index is 14.3. The number of methoxy groups -OCH3 is 1. The molecule has 0 radical (unpaired) electrons. The van der Waals surface area contributed by atoms with Gasteiger partial charge in [0.2, 0.25) is 0 Å². The molecule has 2 heterocycles. The van der Waals surface area contributed by atoms with Crippen LogP contribution in [0.15, 0.2) is 73.4 Å². The molecule has 0 aliphatic carbocycles. The summed E-state index contributed by atoms with van der Waals surface area (Å²) in [4.78, 5) is 16.3. The van der Waals surface area contributed by atoms with Crippen molar-refractivity contribution in [3.05, 3.63) is 90.5 Å². The highest BCUT2D eigenvalue weighted by Gasteiger charge is 2.11. The van der Waals surface area contributed by atoms with E-state index in [4.69, 9.17) is 4.74 Å². The summed E-state index contributed by atoms with van der Waals surface area (Å²) in [6.45, 7) is 0.190. The predicted molar refractivity (Wildman–Crippen MR) is 105 cm³/mol. The molecule has 4 aromatic rings. The summed E-state index contributed by atoms with van der Waals surface area (Å²) >= 11 is 0. The van der Waals surface area contributed by atoms with Crippen LogP contribution in [0.4, 0.5) is 4.39 Å². The maximum atomic E-state index is 14.3. The SMILES string of the molecule is COc1ccc(-n2ccc(C(=O)NCc3ccc(-n4ccnc4)c(F)c3)n2)cc1. The molecule has 0 unspecified atom stereocenters. The van der Waals surface area contributed by atoms with Crippen LogP contribution in [0.25, 0.3) is 11.4 Å². The monoisotopic (exact) mass is 391 g/mol. The fourth-order valence-corrected chi connectivity index (χ4v) is 2.87. The quantitative estimate of drug-likeness (QED) is 0.548. The van der Waals surface area contributed by atoms with Crippen molar-refractivity contribution in [1.29, 1.82) is 0 Å². The van der Waals surface area contributed by atoms with Gasteiger partial charge in [-0.1, -0.05) is 6.07 Å². The van der Waals surface area contributed by atoms with Gasteiger partial charge in [0.1, 0.15) is 11.6 Å². The fourth-order valence-electron chi connectivity index (χ4n) is 2.87. The molecular formula is C21H18FN5O2. The van der Waals surface area contributed by atoms with Crippen LogP contribution in [0.5, 0.6) is 5.75 Å². The van der Waals surface area contributed by atoms with Gasteiger partial charge in [-0.3, -0.25) is 4.79 Å². The number of halogens is 1. The summed E-state index contributed by atoms with van der Waals surface area (Å²) in [6, 6.07) is 13.8. The summed E-state index contributed by atoms with van der Waals surface area (Å²) in [5, 5.41) is 7.05. The predicted octanol–water partition coefficient (Wildman–Crippen LogP) is 3.14. The van der Waals surface area contributed by atoms with E-state index in [2.05, 4.69) is 15.4 Å². The summed E-state index contributed by atoms with van der Waals surface area (Å²) in [5.74, 6) is 0.0139. The van der Waals surface area contributed by atoms with Crippen LogP contribution < -0.4 is 10.1 Å². The van der Waals surface area contributed by atoms with Gasteiger partial charge < -0.3 is 14.6 Å². The molecule has 7 nitrogen and oxygen atoms in total. The van der Waals surface area contributed by atoms with Gasteiger partial charge in [-0.25, -0.2) is 14.1 Å². The lowest BCUT2D eigenvalue weighted by Gasteiger charge is -2.08. The standard InChI is InChI=1S/C21H18FN5O2/c1-29-17-5-3-16(4-6-17)27-10-8-19(25-27)21(28)24-13-15-2-7-20(18(22)12-15)26-11-9-23-14-26/h2-12,14H,13H2,1H3,(H,24,28). The topological polar surface area (TPSA) is 74.0 Å². The maximum Gasteiger partial charge on any atom is 0.272 e. The largest absolute Gasteiger partial charge is 0.497 e. The van der Waals surface area contributed by atoms with Crippen molar-refractivity contribution >= 4 is 5.91 Å². The fraction of sp³-hybridized carbons (Fsp3) is 0.0952. The number of nitrogens with zero attached hydrogens (tertiary/aromatic N) is 4. The van der Waals surface area contributed by atoms with Crippen LogP contribution in [-0.2, 0) is 6.54 Å². The minimum Gasteiger partial charge on any atom is -0.497 e. The van der Waals surface area contributed by atoms with Crippen LogP contribution in [0.1, 0.15) is 16.1 Å². The first-order chi connectivity index (χ1) is 14.1. The Bertz CT molecular complexity index is 1120. The van der Waals surface area contributed by atoms with Gasteiger partial charge in [-0.15, -0.1) is 0 Å². The Hall–Kier alpha value is -3.94. The van der Waals surface area contributed by atoms with Gasteiger partial charge in [0, 0.05) is 25.1 Å². The molecule has 1 N–H and O–H groups in total. The van der Waals surface area contributed by atoms with Gasteiger partial charge in [0.15, 0.2) is 5.69 Å². The third-order valence-electron chi connectivity index (χ3n) is 4.41. The van der Waals surface area contributed by atoms with E-state index in [1.165, 1.54) is 12.4 Å². The van der Waals surface area contributed by atoms with Crippen LogP contribution in [0, 0.1) is 5.82 Å². The first kappa shape index (κ1) is 18.4. The summed E-state index contributed by atoms with van der Waals surface area (Å²) < 4.78 is 22.6. The lowest BCUT2D eigenvalue weighted by atomic mass is 10.2. The van der Waals surface area contributed by atoms with Crippen molar-refractivity contribution in [1.82, 2.24) is 24.6 Å². The number of ether oxygens (including phenoxy) is 1. The molecule has 0 aliphatic heterocycles. The first-order valence-electron chi connectivity index (χ1n) is 8.89. The molecule has 0 saturated heterocycles. The van der Waals surface area contributed by atoms with Crippen LogP contribution in [0.2, 0.25) is 0 Å². The normalized spacial score (nSPS) is 10.7. The molecule has 146 valence electrons. The van der Waals surface area contributed by atoms with E-state index < -0.39 is 5.82 Å². The molecule has 2 aromatic heterocycles. The number of aromatic nitrogens is 4. The molecule has 29 heavy (non-hydrogen) atoms. The summed E-state index contributed by atoms with van der Waals surface area (Å²) in [7, 11) is 1.60. The molecule has 4 rings (SSSR count). The molecule has 0 aliphatic rings. The van der Waals surface area contributed by atoms with E-state index in [9.17, 15) is 9.18 Å². The number of carbonyl (C=O) groups excluding carboxylic acids is 1. The molecule has 1 amide bonds. The zero-order chi connectivity index (χ0) is 20.2. The minimum absolute atomic E-state index is 0.190. The van der Waals surface area contributed by atoms with Crippen molar-refractivity contribution in [2.75, 3.05) is 7.11 Å². The number of carbonyl (C=O) groups is 1. The smallest absolute Gasteiger partial charge is 0.272 e. The van der Waals surface area contributed by atoms with Crippen molar-refractivity contribution in [3.63, 3.8) is 0 Å². The van der Waals surface area contributed by atoms with Crippen molar-refractivity contribution in [2.24, 2.45) is 0 Å². The second kappa shape index (κ2) is 7.97. The summed E-state index contributed by atoms with van der Waals surface area (Å²) in [5.41, 5.74) is 2.13. The van der Waals surface area contributed by atoms with Gasteiger partial charge in [0.05, 0.1) is 24.8 Å². The van der Waals surface area contributed by atoms with E-state index in [1.54, 1.807) is 53.1 Å². The number of rotatable bonds is 6. The Kier molecular flexibility index (Phi) is 5.07. The average Bonchev–Trinajstić information content (AvgIpc) is 3.44. The van der Waals surface area contributed by atoms with E-state index in [-0.39, 0.29) is 18.1 Å². The Morgan fingerprint density at radius 1 is 1.14 bits per heavy atom. The van der Waals surface area contributed by atoms with Crippen LogP contribution in [-0.4, -0.2) is 32.3 Å². The van der Waals surface area contributed by atoms with Gasteiger partial charge >= 0.3 is 0 Å². The Labute approximate surface area is 166 Å². The van der Waals surface area contributed by atoms with Crippen LogP contribution in [0.3, 0.4) is 0 Å². The van der Waals surface area contributed by atoms with E-state index >= 15 is 0 Å². The third kappa shape index (κ3) is 4.01. The van der Waals surface area contributed by atoms with Crippen LogP contribution >= 0.6 is 0 Å². The first-order valence-corrected chi connectivity index (χ1v) is 8.89. The Morgan fingerprint density at radius 2 is 1.97 bits per heavy atom. The second-order valence-corrected chi connectivity index (χ2v) is 6.28. The highest BCUT2D eigenvalue weighted by atomic mass is 19.1. The number of imidazole rings is 1. The molecule has 0 fully saturated rings. The molecule has 0 atom stereocenters. The Balaban J connectivity index is 1.41. The molecule has 0 saturated carbocycles. The van der Waals surface area contributed by atoms with Crippen molar-refractivity contribution < 1.29 is 13.9 Å². The zero-order valence-corrected chi connectivity index (χ0v) is 15.6. The van der Waals surface area contributed by atoms with Crippen molar-refractivity contribution in [2.45, 2.75) is 6.54 Å². The molecular weight excluding hydrogens is 373 g/mol. The molecule has 0 spiro atoms. The van der Waals surface area contributed by atoms with Crippen molar-refractivity contribution in [3.8, 4) is 17.1 Å². The minimum atomic E-state index is -0.390. The number of benzene rings is 2. The number of hydrogen-bond donors (Lipinski definition) is 1. The highest BCUT2D eigenvalue weighted by Crippen LogP contribution is 2.16. The third-order valence-corrected chi connectivity index (χ3v) is 4.41. The molecule has 8 heteroatoms. The van der Waals surface area contributed by atoms with Gasteiger partial charge in [-0.2, -0.15) is 5.10 Å². The number of nitrogens with one attached hydrogen (secondary N) is 1. The second-order valence-electron chi connectivity index (χ2n) is 6.28. The van der Waals surface area contributed by atoms with Gasteiger partial charge in [-0.05, 0) is 48.0 Å². The lowest BCUT2D eigenvalue weighted by Crippen LogP contribution is -2.23. The molecule has 2 aromatic carbocycles. The zero-order valence-electron chi connectivity index (χ0n) is 15.6. The average molecular weight is 391 g/mol. The number of amides is 1. The number of hydrogen-bond acceptors (Lipinski definition) is 4.